The highest BCUT2D eigenvalue weighted by Crippen LogP contribution is 2.49. The molecule has 1 saturated carbocycles. The van der Waals surface area contributed by atoms with Gasteiger partial charge < -0.3 is 89.1 Å². The van der Waals surface area contributed by atoms with Crippen molar-refractivity contribution in [3.8, 4) is 0 Å². The number of rotatable bonds is 57. The predicted molar refractivity (Wildman–Crippen MR) is 352 cm³/mol. The van der Waals surface area contributed by atoms with Gasteiger partial charge in [-0.25, -0.2) is 4.57 Å². The van der Waals surface area contributed by atoms with Crippen molar-refractivity contribution < 1.29 is 117 Å². The van der Waals surface area contributed by atoms with Crippen LogP contribution in [0.2, 0.25) is 0 Å². The summed E-state index contributed by atoms with van der Waals surface area (Å²) in [6.07, 6.45) is 7.56. The van der Waals surface area contributed by atoms with Crippen LogP contribution in [0.3, 0.4) is 0 Å². The fourth-order valence-corrected chi connectivity index (χ4v) is 13.3. The molecule has 2 aliphatic heterocycles. The Morgan fingerprint density at radius 3 is 1.04 bits per heavy atom. The summed E-state index contributed by atoms with van der Waals surface area (Å²) in [4.78, 5) is 50.9. The number of phosphoric acid groups is 1. The predicted octanol–water partition coefficient (Wildman–Crippen LogP) is 9.40. The lowest BCUT2D eigenvalue weighted by Gasteiger charge is -2.49. The number of unbranched alkanes of at least 4 members (excludes halogenated alkanes) is 36. The second-order valence-electron chi connectivity index (χ2n) is 26.7. The van der Waals surface area contributed by atoms with Gasteiger partial charge in [0.1, 0.15) is 98.7 Å². The van der Waals surface area contributed by atoms with Gasteiger partial charge in [0.05, 0.1) is 13.2 Å². The van der Waals surface area contributed by atoms with Crippen molar-refractivity contribution in [1.29, 1.82) is 0 Å². The molecule has 0 aromatic heterocycles. The average molecular weight is 1370 g/mol. The van der Waals surface area contributed by atoms with E-state index >= 15 is 0 Å². The molecule has 18 atom stereocenters. The molecule has 3 fully saturated rings. The van der Waals surface area contributed by atoms with Crippen molar-refractivity contribution in [3.05, 3.63) is 0 Å². The molecule has 24 nitrogen and oxygen atoms in total. The topological polar surface area (TPSA) is 374 Å². The molecule has 554 valence electrons. The minimum atomic E-state index is -5.69. The van der Waals surface area contributed by atoms with Crippen LogP contribution >= 0.6 is 7.82 Å². The van der Waals surface area contributed by atoms with Crippen LogP contribution in [-0.2, 0) is 61.2 Å². The molecule has 3 aliphatic rings. The number of phosphoric ester groups is 1. The van der Waals surface area contributed by atoms with E-state index in [0.29, 0.717) is 19.3 Å². The minimum absolute atomic E-state index is 0.0334. The molecule has 0 amide bonds. The maximum absolute atomic E-state index is 14.3. The van der Waals surface area contributed by atoms with E-state index in [1.807, 2.05) is 0 Å². The van der Waals surface area contributed by atoms with E-state index in [-0.39, 0.29) is 19.3 Å². The van der Waals surface area contributed by atoms with Gasteiger partial charge in [-0.3, -0.25) is 23.4 Å². The number of hydrogen-bond acceptors (Lipinski definition) is 23. The molecule has 2 heterocycles. The highest BCUT2D eigenvalue weighted by molar-refractivity contribution is 7.47. The third-order valence-electron chi connectivity index (χ3n) is 18.4. The Morgan fingerprint density at radius 1 is 0.372 bits per heavy atom. The van der Waals surface area contributed by atoms with E-state index in [2.05, 4.69) is 20.8 Å². The summed E-state index contributed by atoms with van der Waals surface area (Å²) in [6, 6.07) is 0. The van der Waals surface area contributed by atoms with E-state index in [1.54, 1.807) is 0 Å². The van der Waals surface area contributed by atoms with Gasteiger partial charge in [0, 0.05) is 19.3 Å². The number of carbonyl (C=O) groups excluding carboxylic acids is 3. The summed E-state index contributed by atoms with van der Waals surface area (Å²) in [5.41, 5.74) is 0. The van der Waals surface area contributed by atoms with Crippen LogP contribution in [0.5, 0.6) is 0 Å². The Bertz CT molecular complexity index is 1960. The first-order chi connectivity index (χ1) is 45.3. The number of esters is 3. The maximum atomic E-state index is 14.3. The average Bonchev–Trinajstić information content (AvgIpc) is 0.763. The van der Waals surface area contributed by atoms with Crippen molar-refractivity contribution in [2.75, 3.05) is 26.4 Å². The zero-order valence-electron chi connectivity index (χ0n) is 57.5. The summed E-state index contributed by atoms with van der Waals surface area (Å²) in [5, 5.41) is 110. The normalized spacial score (nSPS) is 28.2. The van der Waals surface area contributed by atoms with Crippen LogP contribution in [0.1, 0.15) is 290 Å². The molecule has 0 aromatic rings. The molecule has 2 saturated heterocycles. The van der Waals surface area contributed by atoms with Crippen LogP contribution in [0.4, 0.5) is 0 Å². The van der Waals surface area contributed by atoms with Gasteiger partial charge in [-0.1, -0.05) is 252 Å². The van der Waals surface area contributed by atoms with Crippen molar-refractivity contribution >= 4 is 25.7 Å². The van der Waals surface area contributed by atoms with Crippen molar-refractivity contribution in [2.24, 2.45) is 0 Å². The molecule has 18 unspecified atom stereocenters. The third kappa shape index (κ3) is 35.3. The first kappa shape index (κ1) is 86.2. The van der Waals surface area contributed by atoms with Gasteiger partial charge in [-0.2, -0.15) is 0 Å². The number of ether oxygens (including phenoxy) is 7. The highest BCUT2D eigenvalue weighted by Gasteiger charge is 2.58. The van der Waals surface area contributed by atoms with Crippen LogP contribution < -0.4 is 0 Å². The van der Waals surface area contributed by atoms with Crippen LogP contribution in [0, 0.1) is 0 Å². The van der Waals surface area contributed by atoms with Gasteiger partial charge in [0.2, 0.25) is 0 Å². The van der Waals surface area contributed by atoms with Crippen LogP contribution in [0.15, 0.2) is 0 Å². The molecule has 0 radical (unpaired) electrons. The van der Waals surface area contributed by atoms with Crippen molar-refractivity contribution in [2.45, 2.75) is 395 Å². The number of aliphatic hydroxyl groups is 10. The van der Waals surface area contributed by atoms with E-state index in [1.165, 1.54) is 141 Å². The summed E-state index contributed by atoms with van der Waals surface area (Å²) in [7, 11) is -5.69. The first-order valence-corrected chi connectivity index (χ1v) is 38.3. The fourth-order valence-electron chi connectivity index (χ4n) is 12.3. The Labute approximate surface area is 561 Å². The SMILES string of the molecule is CCCCCCCCCCCCCCCCC(=O)OCC(COP(=O)(O)OC1C(OC2OC(CO)C(O)C(O)C2O)C(O)C(O)C(O)C1OC1OC(COC(=O)CCCCCCCCCCCCCCC)C(O)C(O)C1O)OC(=O)CCCCCCCCCCCCCC. The molecule has 0 spiro atoms. The number of aliphatic hydroxyl groups excluding tert-OH is 10. The van der Waals surface area contributed by atoms with Gasteiger partial charge in [0.15, 0.2) is 18.7 Å². The quantitative estimate of drug-likeness (QED) is 0.0117. The zero-order valence-corrected chi connectivity index (χ0v) is 58.4. The Balaban J connectivity index is 1.74. The van der Waals surface area contributed by atoms with Gasteiger partial charge in [-0.05, 0) is 19.3 Å². The number of carbonyl (C=O) groups is 3. The summed E-state index contributed by atoms with van der Waals surface area (Å²) in [6.45, 7) is 3.44. The molecule has 0 aromatic carbocycles. The molecule has 0 bridgehead atoms. The zero-order chi connectivity index (χ0) is 68.9. The molecule has 3 rings (SSSR count). The third-order valence-corrected chi connectivity index (χ3v) is 19.4. The van der Waals surface area contributed by atoms with E-state index in [4.69, 9.17) is 42.2 Å². The molecular weight excluding hydrogens is 1240 g/mol. The largest absolute Gasteiger partial charge is 0.472 e. The lowest BCUT2D eigenvalue weighted by atomic mass is 9.84. The maximum Gasteiger partial charge on any atom is 0.472 e. The van der Waals surface area contributed by atoms with E-state index in [0.717, 1.165) is 89.9 Å². The Morgan fingerprint density at radius 2 is 0.681 bits per heavy atom. The second kappa shape index (κ2) is 52.0. The minimum Gasteiger partial charge on any atom is -0.463 e. The van der Waals surface area contributed by atoms with E-state index < -0.39 is 156 Å². The Hall–Kier alpha value is -2.04. The summed E-state index contributed by atoms with van der Waals surface area (Å²) >= 11 is 0. The number of hydrogen-bond donors (Lipinski definition) is 11. The molecular formula is C69H129O24P. The fraction of sp³-hybridized carbons (Fsp3) is 0.957. The van der Waals surface area contributed by atoms with Gasteiger partial charge in [0.25, 0.3) is 0 Å². The van der Waals surface area contributed by atoms with E-state index in [9.17, 15) is 74.9 Å². The summed E-state index contributed by atoms with van der Waals surface area (Å²) < 4.78 is 64.9. The van der Waals surface area contributed by atoms with Crippen molar-refractivity contribution in [1.82, 2.24) is 0 Å². The van der Waals surface area contributed by atoms with Crippen LogP contribution in [0.25, 0.3) is 0 Å². The van der Waals surface area contributed by atoms with Crippen molar-refractivity contribution in [3.63, 3.8) is 0 Å². The van der Waals surface area contributed by atoms with Crippen LogP contribution in [-0.4, -0.2) is 204 Å². The first-order valence-electron chi connectivity index (χ1n) is 36.8. The summed E-state index contributed by atoms with van der Waals surface area (Å²) in [5.74, 6) is -1.98. The smallest absolute Gasteiger partial charge is 0.463 e. The lowest BCUT2D eigenvalue weighted by molar-refractivity contribution is -0.360. The second-order valence-corrected chi connectivity index (χ2v) is 28.1. The Kier molecular flexibility index (Phi) is 47.7. The molecule has 1 aliphatic carbocycles. The van der Waals surface area contributed by atoms with Gasteiger partial charge >= 0.3 is 25.7 Å². The standard InChI is InChI=1S/C69H129O24P/c1-4-7-10-13-16-19-22-25-27-30-31-34-37-40-43-53(71)85-47-50(88-55(73)45-42-39-36-33-28-24-21-18-15-12-9-6-3)48-87-94(83,84)93-67-65(91-68-63(81)58(76)56(74)51(46-70)89-68)61(79)60(78)62(80)66(67)92-69-64(82)59(77)57(75)52(90-69)49-86-54(72)44-41-38-35-32-29-26-23-20-17-14-11-8-5-2/h50-52,56-70,74-82H,4-49H2,1-3H3,(H,83,84). The van der Waals surface area contributed by atoms with Gasteiger partial charge in [-0.15, -0.1) is 0 Å². The molecule has 11 N–H and O–H groups in total. The lowest BCUT2D eigenvalue weighted by Crippen LogP contribution is -2.69. The molecule has 25 heteroatoms. The monoisotopic (exact) mass is 1370 g/mol. The molecule has 94 heavy (non-hydrogen) atoms. The highest BCUT2D eigenvalue weighted by atomic mass is 31.2.